The second-order valence-corrected chi connectivity index (χ2v) is 9.22. The highest BCUT2D eigenvalue weighted by Gasteiger charge is 2.21. The minimum Gasteiger partial charge on any atom is -0.374 e. The van der Waals surface area contributed by atoms with Crippen molar-refractivity contribution in [3.8, 4) is 22.9 Å². The van der Waals surface area contributed by atoms with Crippen LogP contribution in [0.4, 0.5) is 5.69 Å². The van der Waals surface area contributed by atoms with E-state index in [1.807, 2.05) is 74.8 Å². The van der Waals surface area contributed by atoms with Crippen molar-refractivity contribution < 1.29 is 0 Å². The van der Waals surface area contributed by atoms with Gasteiger partial charge in [0.1, 0.15) is 5.69 Å². The predicted octanol–water partition coefficient (Wildman–Crippen LogP) is 5.72. The number of aryl methyl sites for hydroxylation is 1. The Hall–Kier alpha value is -5.29. The molecule has 1 atom stereocenters. The number of benzene rings is 2. The van der Waals surface area contributed by atoms with Gasteiger partial charge in [-0.25, -0.2) is 0 Å². The highest BCUT2D eigenvalue weighted by atomic mass is 16.1. The van der Waals surface area contributed by atoms with Gasteiger partial charge >= 0.3 is 0 Å². The Morgan fingerprint density at radius 3 is 2.62 bits per heavy atom. The number of aliphatic imine (C=N–C) groups is 1. The number of pyridine rings is 2. The molecule has 0 unspecified atom stereocenters. The summed E-state index contributed by atoms with van der Waals surface area (Å²) in [5, 5.41) is 19.0. The van der Waals surface area contributed by atoms with Crippen molar-refractivity contribution in [1.82, 2.24) is 24.6 Å². The van der Waals surface area contributed by atoms with E-state index in [4.69, 9.17) is 0 Å². The zero-order chi connectivity index (χ0) is 27.5. The standard InChI is InChI=1S/C31H27N7O/c1-20(17-32)29(30-26(33-3)14-9-15-34-30)36-21(2)27-16-22-10-8-13-25(23-18-35-37(4)19-23)28(22)31(39)38(27)24-11-6-5-7-12-24/h5-16,18-19,21,36H,3H2,1-2,4H3/b29-20-/t21-/m0/s1. The van der Waals surface area contributed by atoms with Crippen molar-refractivity contribution in [2.24, 2.45) is 12.0 Å². The van der Waals surface area contributed by atoms with E-state index in [1.54, 1.807) is 40.7 Å². The Labute approximate surface area is 226 Å². The number of allylic oxidation sites excluding steroid dienone is 1. The number of hydrogen-bond donors (Lipinski definition) is 1. The van der Waals surface area contributed by atoms with E-state index in [0.717, 1.165) is 27.9 Å². The molecule has 0 fully saturated rings. The summed E-state index contributed by atoms with van der Waals surface area (Å²) in [6.07, 6.45) is 5.31. The van der Waals surface area contributed by atoms with Gasteiger partial charge in [0.2, 0.25) is 0 Å². The fourth-order valence-corrected chi connectivity index (χ4v) is 4.76. The molecule has 0 radical (unpaired) electrons. The van der Waals surface area contributed by atoms with E-state index in [0.29, 0.717) is 28.0 Å². The Morgan fingerprint density at radius 1 is 1.13 bits per heavy atom. The molecule has 0 spiro atoms. The van der Waals surface area contributed by atoms with Crippen LogP contribution < -0.4 is 10.9 Å². The van der Waals surface area contributed by atoms with E-state index in [9.17, 15) is 10.1 Å². The van der Waals surface area contributed by atoms with Gasteiger partial charge in [0, 0.05) is 36.4 Å². The molecule has 8 nitrogen and oxygen atoms in total. The number of rotatable bonds is 7. The zero-order valence-corrected chi connectivity index (χ0v) is 22.0. The molecule has 1 N–H and O–H groups in total. The first-order valence-electron chi connectivity index (χ1n) is 12.5. The summed E-state index contributed by atoms with van der Waals surface area (Å²) in [6.45, 7) is 7.34. The maximum atomic E-state index is 14.3. The van der Waals surface area contributed by atoms with Gasteiger partial charge in [-0.05, 0) is 61.8 Å². The largest absolute Gasteiger partial charge is 0.374 e. The quantitative estimate of drug-likeness (QED) is 0.221. The Bertz CT molecular complexity index is 1820. The normalized spacial score (nSPS) is 12.5. The van der Waals surface area contributed by atoms with Crippen LogP contribution in [-0.4, -0.2) is 26.0 Å². The van der Waals surface area contributed by atoms with Crippen LogP contribution in [0.1, 0.15) is 31.3 Å². The van der Waals surface area contributed by atoms with Gasteiger partial charge in [0.15, 0.2) is 0 Å². The number of nitriles is 1. The number of nitrogens with zero attached hydrogens (tertiary/aromatic N) is 6. The van der Waals surface area contributed by atoms with Crippen molar-refractivity contribution in [2.75, 3.05) is 0 Å². The highest BCUT2D eigenvalue weighted by molar-refractivity contribution is 5.96. The summed E-state index contributed by atoms with van der Waals surface area (Å²) < 4.78 is 3.45. The third-order valence-corrected chi connectivity index (χ3v) is 6.65. The molecule has 0 saturated heterocycles. The molecule has 192 valence electrons. The van der Waals surface area contributed by atoms with Crippen molar-refractivity contribution in [3.63, 3.8) is 0 Å². The lowest BCUT2D eigenvalue weighted by molar-refractivity contribution is 0.648. The van der Waals surface area contributed by atoms with Gasteiger partial charge in [-0.15, -0.1) is 0 Å². The average molecular weight is 514 g/mol. The lowest BCUT2D eigenvalue weighted by Crippen LogP contribution is -2.28. The van der Waals surface area contributed by atoms with Gasteiger partial charge in [-0.3, -0.25) is 24.0 Å². The number of para-hydroxylation sites is 1. The van der Waals surface area contributed by atoms with Crippen molar-refractivity contribution in [2.45, 2.75) is 19.9 Å². The van der Waals surface area contributed by atoms with Gasteiger partial charge in [0.05, 0.1) is 40.7 Å². The van der Waals surface area contributed by atoms with Crippen molar-refractivity contribution in [3.05, 3.63) is 113 Å². The molecule has 0 aliphatic carbocycles. The van der Waals surface area contributed by atoms with Crippen LogP contribution in [0.5, 0.6) is 0 Å². The molecule has 5 aromatic rings. The Kier molecular flexibility index (Phi) is 6.89. The van der Waals surface area contributed by atoms with Crippen molar-refractivity contribution >= 4 is 28.9 Å². The van der Waals surface area contributed by atoms with Crippen LogP contribution in [0.25, 0.3) is 33.3 Å². The fourth-order valence-electron chi connectivity index (χ4n) is 4.76. The minimum absolute atomic E-state index is 0.143. The number of hydrogen-bond acceptors (Lipinski definition) is 6. The summed E-state index contributed by atoms with van der Waals surface area (Å²) in [7, 11) is 1.85. The zero-order valence-electron chi connectivity index (χ0n) is 22.0. The van der Waals surface area contributed by atoms with Crippen LogP contribution in [-0.2, 0) is 7.05 Å². The van der Waals surface area contributed by atoms with E-state index in [-0.39, 0.29) is 11.6 Å². The topological polar surface area (TPSA) is 101 Å². The third kappa shape index (κ3) is 4.74. The first-order chi connectivity index (χ1) is 18.9. The molecule has 0 saturated carbocycles. The van der Waals surface area contributed by atoms with E-state index >= 15 is 0 Å². The summed E-state index contributed by atoms with van der Waals surface area (Å²) in [5.41, 5.74) is 5.07. The van der Waals surface area contributed by atoms with Gasteiger partial charge in [-0.2, -0.15) is 10.4 Å². The molecular formula is C31H27N7O. The molecular weight excluding hydrogens is 486 g/mol. The second-order valence-electron chi connectivity index (χ2n) is 9.22. The third-order valence-electron chi connectivity index (χ3n) is 6.65. The molecule has 0 aliphatic heterocycles. The predicted molar refractivity (Wildman–Crippen MR) is 155 cm³/mol. The highest BCUT2D eigenvalue weighted by Crippen LogP contribution is 2.31. The molecule has 2 aromatic carbocycles. The molecule has 3 aromatic heterocycles. The van der Waals surface area contributed by atoms with Crippen molar-refractivity contribution in [1.29, 1.82) is 5.26 Å². The molecule has 0 amide bonds. The molecule has 5 rings (SSSR count). The summed E-state index contributed by atoms with van der Waals surface area (Å²) in [6, 6.07) is 22.8. The number of aromatic nitrogens is 4. The molecule has 3 heterocycles. The van der Waals surface area contributed by atoms with Gasteiger partial charge < -0.3 is 5.32 Å². The second kappa shape index (κ2) is 10.6. The summed E-state index contributed by atoms with van der Waals surface area (Å²) in [4.78, 5) is 22.9. The lowest BCUT2D eigenvalue weighted by Gasteiger charge is -2.24. The molecule has 8 heteroatoms. The van der Waals surface area contributed by atoms with Crippen LogP contribution in [0.15, 0.2) is 101 Å². The number of nitrogens with one attached hydrogen (secondary N) is 1. The molecule has 0 aliphatic rings. The minimum atomic E-state index is -0.387. The first kappa shape index (κ1) is 25.4. The van der Waals surface area contributed by atoms with Crippen LogP contribution in [0, 0.1) is 11.3 Å². The van der Waals surface area contributed by atoms with E-state index < -0.39 is 0 Å². The lowest BCUT2D eigenvalue weighted by atomic mass is 9.99. The SMILES string of the molecule is C=Nc1cccnc1/C(N[C@@H](C)c1cc2cccc(-c3cnn(C)c3)c2c(=O)n1-c1ccccc1)=C(\C)C#N. The average Bonchev–Trinajstić information content (AvgIpc) is 3.41. The van der Waals surface area contributed by atoms with Gasteiger partial charge in [0.25, 0.3) is 5.56 Å². The van der Waals surface area contributed by atoms with Gasteiger partial charge in [-0.1, -0.05) is 36.4 Å². The number of fused-ring (bicyclic) bond motifs is 1. The monoisotopic (exact) mass is 513 g/mol. The smallest absolute Gasteiger partial charge is 0.263 e. The van der Waals surface area contributed by atoms with E-state index in [2.05, 4.69) is 33.2 Å². The van der Waals surface area contributed by atoms with Crippen LogP contribution >= 0.6 is 0 Å². The molecule has 39 heavy (non-hydrogen) atoms. The van der Waals surface area contributed by atoms with Crippen LogP contribution in [0.3, 0.4) is 0 Å². The summed E-state index contributed by atoms with van der Waals surface area (Å²) >= 11 is 0. The maximum absolute atomic E-state index is 14.3. The molecule has 0 bridgehead atoms. The maximum Gasteiger partial charge on any atom is 0.263 e. The Balaban J connectivity index is 1.74. The Morgan fingerprint density at radius 2 is 1.92 bits per heavy atom. The summed E-state index contributed by atoms with van der Waals surface area (Å²) in [5.74, 6) is 0. The van der Waals surface area contributed by atoms with E-state index in [1.165, 1.54) is 0 Å². The first-order valence-corrected chi connectivity index (χ1v) is 12.5. The van der Waals surface area contributed by atoms with Crippen LogP contribution in [0.2, 0.25) is 0 Å². The fraction of sp³-hybridized carbons (Fsp3) is 0.129.